The molecule has 0 radical (unpaired) electrons. The van der Waals surface area contributed by atoms with E-state index >= 15 is 0 Å². The molecule has 1 amide bonds. The lowest BCUT2D eigenvalue weighted by atomic mass is 9.92. The average molecular weight is 400 g/mol. The largest absolute Gasteiger partial charge is 0.496 e. The molecule has 1 saturated heterocycles. The van der Waals surface area contributed by atoms with E-state index in [0.29, 0.717) is 6.04 Å². The molecule has 1 atom stereocenters. The molecule has 0 bridgehead atoms. The summed E-state index contributed by atoms with van der Waals surface area (Å²) in [6.07, 6.45) is 7.56. The molecule has 3 N–H and O–H groups in total. The molecule has 1 aromatic carbocycles. The number of primary amides is 1. The zero-order valence-electron chi connectivity index (χ0n) is 17.1. The third-order valence-corrected chi connectivity index (χ3v) is 6.59. The van der Waals surface area contributed by atoms with Crippen LogP contribution in [0.2, 0.25) is 0 Å². The second-order valence-corrected chi connectivity index (χ2v) is 8.28. The van der Waals surface area contributed by atoms with E-state index in [1.807, 2.05) is 18.2 Å². The molecule has 1 aromatic heterocycles. The summed E-state index contributed by atoms with van der Waals surface area (Å²) in [5.41, 5.74) is 6.65. The minimum Gasteiger partial charge on any atom is -0.496 e. The lowest BCUT2D eigenvalue weighted by Gasteiger charge is -2.34. The maximum atomic E-state index is 11.6. The Kier molecular flexibility index (Phi) is 6.08. The molecule has 2 aromatic rings. The number of amides is 1. The average Bonchev–Trinajstić information content (AvgIpc) is 3.25. The lowest BCUT2D eigenvalue weighted by Crippen LogP contribution is -3.13. The van der Waals surface area contributed by atoms with Crippen LogP contribution in [-0.2, 0) is 4.79 Å². The van der Waals surface area contributed by atoms with Gasteiger partial charge in [-0.15, -0.1) is 5.10 Å². The molecule has 2 aliphatic rings. The van der Waals surface area contributed by atoms with Gasteiger partial charge in [-0.25, -0.2) is 4.68 Å². The summed E-state index contributed by atoms with van der Waals surface area (Å²) in [5.74, 6) is 1.52. The monoisotopic (exact) mass is 399 g/mol. The smallest absolute Gasteiger partial charge is 0.220 e. The van der Waals surface area contributed by atoms with Gasteiger partial charge in [0.1, 0.15) is 5.75 Å². The second-order valence-electron chi connectivity index (χ2n) is 8.28. The van der Waals surface area contributed by atoms with Crippen LogP contribution in [-0.4, -0.2) is 46.3 Å². The van der Waals surface area contributed by atoms with Crippen molar-refractivity contribution >= 4 is 5.91 Å². The van der Waals surface area contributed by atoms with Crippen molar-refractivity contribution < 1.29 is 14.4 Å². The molecule has 8 nitrogen and oxygen atoms in total. The van der Waals surface area contributed by atoms with Crippen molar-refractivity contribution in [3.63, 3.8) is 0 Å². The van der Waals surface area contributed by atoms with Crippen molar-refractivity contribution in [3.8, 4) is 5.75 Å². The fraction of sp³-hybridized carbons (Fsp3) is 0.619. The van der Waals surface area contributed by atoms with Crippen molar-refractivity contribution in [3.05, 3.63) is 35.7 Å². The third kappa shape index (κ3) is 4.12. The maximum absolute atomic E-state index is 11.6. The number of piperidine rings is 1. The molecule has 4 rings (SSSR count). The zero-order chi connectivity index (χ0) is 20.2. The summed E-state index contributed by atoms with van der Waals surface area (Å²) in [4.78, 5) is 13.0. The number of rotatable bonds is 6. The lowest BCUT2D eigenvalue weighted by molar-refractivity contribution is -0.931. The number of nitrogens with zero attached hydrogens (tertiary/aromatic N) is 4. The van der Waals surface area contributed by atoms with Gasteiger partial charge in [0.15, 0.2) is 6.04 Å². The molecule has 0 spiro atoms. The molecule has 1 saturated carbocycles. The third-order valence-electron chi connectivity index (χ3n) is 6.59. The fourth-order valence-electron chi connectivity index (χ4n) is 4.98. The number of hydrogen-bond acceptors (Lipinski definition) is 5. The van der Waals surface area contributed by atoms with Gasteiger partial charge in [0, 0.05) is 18.8 Å². The molecule has 156 valence electrons. The molecule has 8 heteroatoms. The Balaban J connectivity index is 1.70. The molecular formula is C21H31N6O2+. The van der Waals surface area contributed by atoms with Crippen LogP contribution in [0, 0.1) is 5.92 Å². The van der Waals surface area contributed by atoms with Gasteiger partial charge in [-0.05, 0) is 35.4 Å². The van der Waals surface area contributed by atoms with E-state index in [4.69, 9.17) is 10.5 Å². The molecular weight excluding hydrogens is 368 g/mol. The van der Waals surface area contributed by atoms with Crippen LogP contribution in [0.3, 0.4) is 0 Å². The number of carbonyl (C=O) groups excluding carboxylic acids is 1. The number of tetrazole rings is 1. The Morgan fingerprint density at radius 1 is 1.17 bits per heavy atom. The summed E-state index contributed by atoms with van der Waals surface area (Å²) >= 11 is 0. The topological polar surface area (TPSA) is 100 Å². The van der Waals surface area contributed by atoms with E-state index in [1.54, 1.807) is 7.11 Å². The number of nitrogens with two attached hydrogens (primary N) is 1. The van der Waals surface area contributed by atoms with Crippen molar-refractivity contribution in [2.75, 3.05) is 20.2 Å². The summed E-state index contributed by atoms with van der Waals surface area (Å²) in [5, 5.41) is 13.0. The van der Waals surface area contributed by atoms with E-state index in [2.05, 4.69) is 26.3 Å². The number of para-hydroxylation sites is 1. The van der Waals surface area contributed by atoms with E-state index in [9.17, 15) is 4.79 Å². The Hall–Kier alpha value is -2.48. The van der Waals surface area contributed by atoms with Crippen LogP contribution in [0.25, 0.3) is 0 Å². The summed E-state index contributed by atoms with van der Waals surface area (Å²) in [6.45, 7) is 1.71. The highest BCUT2D eigenvalue weighted by Crippen LogP contribution is 2.32. The number of quaternary nitrogens is 1. The summed E-state index contributed by atoms with van der Waals surface area (Å²) < 4.78 is 7.75. The minimum absolute atomic E-state index is 0.0306. The highest BCUT2D eigenvalue weighted by Gasteiger charge is 2.38. The SMILES string of the molecule is COc1ccccc1[C@H](c1nnnn1C1CCCCC1)[NH+]1CCC(C(N)=O)CC1. The van der Waals surface area contributed by atoms with Gasteiger partial charge in [-0.3, -0.25) is 4.79 Å². The van der Waals surface area contributed by atoms with Gasteiger partial charge in [-0.1, -0.05) is 31.4 Å². The van der Waals surface area contributed by atoms with Gasteiger partial charge in [0.25, 0.3) is 0 Å². The molecule has 0 unspecified atom stereocenters. The Morgan fingerprint density at radius 2 is 1.90 bits per heavy atom. The van der Waals surface area contributed by atoms with Crippen LogP contribution in [0.1, 0.15) is 68.4 Å². The highest BCUT2D eigenvalue weighted by molar-refractivity contribution is 5.76. The van der Waals surface area contributed by atoms with Crippen molar-refractivity contribution in [1.82, 2.24) is 20.2 Å². The van der Waals surface area contributed by atoms with E-state index in [-0.39, 0.29) is 17.9 Å². The van der Waals surface area contributed by atoms with Crippen molar-refractivity contribution in [2.24, 2.45) is 11.7 Å². The predicted octanol–water partition coefficient (Wildman–Crippen LogP) is 1.06. The first-order valence-electron chi connectivity index (χ1n) is 10.7. The minimum atomic E-state index is -0.190. The zero-order valence-corrected chi connectivity index (χ0v) is 17.1. The Labute approximate surface area is 171 Å². The van der Waals surface area contributed by atoms with E-state index < -0.39 is 0 Å². The van der Waals surface area contributed by atoms with Crippen LogP contribution in [0.4, 0.5) is 0 Å². The predicted molar refractivity (Wildman–Crippen MR) is 107 cm³/mol. The van der Waals surface area contributed by atoms with Crippen LogP contribution >= 0.6 is 0 Å². The number of carbonyl (C=O) groups is 1. The molecule has 1 aliphatic heterocycles. The van der Waals surface area contributed by atoms with Gasteiger partial charge in [0.2, 0.25) is 11.7 Å². The molecule has 1 aliphatic carbocycles. The molecule has 2 heterocycles. The molecule has 2 fully saturated rings. The number of aromatic nitrogens is 4. The second kappa shape index (κ2) is 8.90. The normalized spacial score (nSPS) is 24.2. The Bertz CT molecular complexity index is 824. The van der Waals surface area contributed by atoms with Crippen LogP contribution < -0.4 is 15.4 Å². The maximum Gasteiger partial charge on any atom is 0.220 e. The number of ether oxygens (including phenoxy) is 1. The number of methoxy groups -OCH3 is 1. The van der Waals surface area contributed by atoms with Gasteiger partial charge in [0.05, 0.1) is 31.8 Å². The van der Waals surface area contributed by atoms with Gasteiger partial charge in [-0.2, -0.15) is 0 Å². The highest BCUT2D eigenvalue weighted by atomic mass is 16.5. The first-order valence-corrected chi connectivity index (χ1v) is 10.7. The first-order chi connectivity index (χ1) is 14.2. The van der Waals surface area contributed by atoms with Crippen molar-refractivity contribution in [1.29, 1.82) is 0 Å². The van der Waals surface area contributed by atoms with Crippen LogP contribution in [0.5, 0.6) is 5.75 Å². The van der Waals surface area contributed by atoms with E-state index in [1.165, 1.54) is 24.2 Å². The quantitative estimate of drug-likeness (QED) is 0.756. The summed E-state index contributed by atoms with van der Waals surface area (Å²) in [6, 6.07) is 8.45. The fourth-order valence-corrected chi connectivity index (χ4v) is 4.98. The first kappa shape index (κ1) is 19.8. The number of hydrogen-bond donors (Lipinski definition) is 2. The van der Waals surface area contributed by atoms with Crippen LogP contribution in [0.15, 0.2) is 24.3 Å². The van der Waals surface area contributed by atoms with Gasteiger partial charge >= 0.3 is 0 Å². The Morgan fingerprint density at radius 3 is 2.59 bits per heavy atom. The molecule has 29 heavy (non-hydrogen) atoms. The number of likely N-dealkylation sites (tertiary alicyclic amines) is 1. The number of nitrogens with one attached hydrogen (secondary N) is 1. The van der Waals surface area contributed by atoms with Gasteiger partial charge < -0.3 is 15.4 Å². The van der Waals surface area contributed by atoms with E-state index in [0.717, 1.165) is 55.9 Å². The summed E-state index contributed by atoms with van der Waals surface area (Å²) in [7, 11) is 1.70. The standard InChI is InChI=1S/C21H30N6O2/c1-29-18-10-6-5-9-17(18)19(26-13-11-15(12-14-26)20(22)28)21-23-24-25-27(21)16-7-3-2-4-8-16/h5-6,9-10,15-16,19H,2-4,7-8,11-14H2,1H3,(H2,22,28)/p+1/t19-/m1/s1. The van der Waals surface area contributed by atoms with Crippen molar-refractivity contribution in [2.45, 2.75) is 57.0 Å². The number of benzene rings is 1.